The molecule has 2 aromatic rings. The van der Waals surface area contributed by atoms with E-state index in [-0.39, 0.29) is 0 Å². The first-order chi connectivity index (χ1) is 11.3. The molecule has 0 aromatic heterocycles. The molecule has 1 fully saturated rings. The Bertz CT molecular complexity index is 463. The first kappa shape index (κ1) is 17.7. The fraction of sp³-hybridized carbons (Fsp3) is 0.455. The molecule has 0 aliphatic carbocycles. The molecule has 23 heavy (non-hydrogen) atoms. The summed E-state index contributed by atoms with van der Waals surface area (Å²) in [6.45, 7) is 6.72. The molecule has 3 rings (SSSR count). The lowest BCUT2D eigenvalue weighted by Crippen LogP contribution is -2.13. The average Bonchev–Trinajstić information content (AvgIpc) is 3.16. The number of benzene rings is 2. The molecule has 1 saturated heterocycles. The third kappa shape index (κ3) is 7.00. The Labute approximate surface area is 141 Å². The molecular weight excluding hydrogens is 280 g/mol. The van der Waals surface area contributed by atoms with Gasteiger partial charge in [-0.1, -0.05) is 74.5 Å². The maximum Gasteiger partial charge on any atom is 0.0466 e. The second kappa shape index (κ2) is 10.2. The zero-order chi connectivity index (χ0) is 16.3. The highest BCUT2D eigenvalue weighted by Gasteiger charge is 2.13. The van der Waals surface area contributed by atoms with Crippen molar-refractivity contribution in [3.63, 3.8) is 0 Å². The number of ether oxygens (including phenoxy) is 1. The van der Waals surface area contributed by atoms with Gasteiger partial charge in [0.1, 0.15) is 0 Å². The highest BCUT2D eigenvalue weighted by molar-refractivity contribution is 5.17. The van der Waals surface area contributed by atoms with Gasteiger partial charge in [0.2, 0.25) is 0 Å². The lowest BCUT2D eigenvalue weighted by Gasteiger charge is -2.20. The maximum absolute atomic E-state index is 4.94. The van der Waals surface area contributed by atoms with Gasteiger partial charge in [-0.2, -0.15) is 0 Å². The van der Waals surface area contributed by atoms with Gasteiger partial charge in [-0.25, -0.2) is 0 Å². The van der Waals surface area contributed by atoms with E-state index >= 15 is 0 Å². The minimum absolute atomic E-state index is 0.715. The maximum atomic E-state index is 4.94. The van der Waals surface area contributed by atoms with Crippen LogP contribution in [0.4, 0.5) is 0 Å². The molecule has 0 spiro atoms. The van der Waals surface area contributed by atoms with Gasteiger partial charge < -0.3 is 4.74 Å². The third-order valence-electron chi connectivity index (χ3n) is 4.60. The van der Waals surface area contributed by atoms with Gasteiger partial charge in [-0.05, 0) is 48.6 Å². The Hall–Kier alpha value is -1.60. The molecule has 0 saturated carbocycles. The van der Waals surface area contributed by atoms with Crippen molar-refractivity contribution in [1.29, 1.82) is 0 Å². The zero-order valence-corrected chi connectivity index (χ0v) is 14.6. The first-order valence-corrected chi connectivity index (χ1v) is 8.91. The van der Waals surface area contributed by atoms with Crippen LogP contribution in [0.2, 0.25) is 0 Å². The fourth-order valence-corrected chi connectivity index (χ4v) is 2.88. The van der Waals surface area contributed by atoms with E-state index in [0.717, 1.165) is 13.2 Å². The Morgan fingerprint density at radius 1 is 0.696 bits per heavy atom. The molecule has 0 N–H and O–H groups in total. The summed E-state index contributed by atoms with van der Waals surface area (Å²) in [5, 5.41) is 0. The van der Waals surface area contributed by atoms with Crippen molar-refractivity contribution in [3.8, 4) is 0 Å². The van der Waals surface area contributed by atoms with Crippen LogP contribution >= 0.6 is 0 Å². The Morgan fingerprint density at radius 3 is 1.39 bits per heavy atom. The van der Waals surface area contributed by atoms with Crippen molar-refractivity contribution in [2.45, 2.75) is 39.5 Å². The van der Waals surface area contributed by atoms with Crippen LogP contribution < -0.4 is 0 Å². The molecule has 1 heteroatoms. The standard InChI is InChI=1S/C18H22.C4H8O/c1-15(13-17-9-5-3-6-10-17)16(2)14-18-11-7-4-8-12-18;1-2-4-5-3-1/h3-12,15-16H,13-14H2,1-2H3;1-4H2. The van der Waals surface area contributed by atoms with E-state index in [2.05, 4.69) is 74.5 Å². The summed E-state index contributed by atoms with van der Waals surface area (Å²) < 4.78 is 4.94. The van der Waals surface area contributed by atoms with Crippen molar-refractivity contribution >= 4 is 0 Å². The van der Waals surface area contributed by atoms with E-state index in [1.807, 2.05) is 0 Å². The number of hydrogen-bond donors (Lipinski definition) is 0. The van der Waals surface area contributed by atoms with Crippen LogP contribution in [0.3, 0.4) is 0 Å². The molecule has 0 bridgehead atoms. The third-order valence-corrected chi connectivity index (χ3v) is 4.60. The van der Waals surface area contributed by atoms with Gasteiger partial charge in [0.05, 0.1) is 0 Å². The van der Waals surface area contributed by atoms with Crippen LogP contribution in [0.25, 0.3) is 0 Å². The van der Waals surface area contributed by atoms with Crippen LogP contribution in [0.1, 0.15) is 37.8 Å². The van der Waals surface area contributed by atoms with Crippen LogP contribution in [0.15, 0.2) is 60.7 Å². The van der Waals surface area contributed by atoms with Gasteiger partial charge in [0.15, 0.2) is 0 Å². The van der Waals surface area contributed by atoms with Crippen molar-refractivity contribution in [3.05, 3.63) is 71.8 Å². The molecule has 1 heterocycles. The summed E-state index contributed by atoms with van der Waals surface area (Å²) in [7, 11) is 0. The number of hydrogen-bond acceptors (Lipinski definition) is 1. The van der Waals surface area contributed by atoms with E-state index < -0.39 is 0 Å². The highest BCUT2D eigenvalue weighted by atomic mass is 16.5. The first-order valence-electron chi connectivity index (χ1n) is 8.91. The van der Waals surface area contributed by atoms with Gasteiger partial charge in [-0.3, -0.25) is 0 Å². The normalized spacial score (nSPS) is 16.3. The molecular formula is C22H30O. The zero-order valence-electron chi connectivity index (χ0n) is 14.6. The molecule has 1 aliphatic rings. The van der Waals surface area contributed by atoms with Crippen molar-refractivity contribution in [2.24, 2.45) is 11.8 Å². The second-order valence-corrected chi connectivity index (χ2v) is 6.65. The Kier molecular flexibility index (Phi) is 7.89. The molecule has 0 radical (unpaired) electrons. The van der Waals surface area contributed by atoms with Gasteiger partial charge in [-0.15, -0.1) is 0 Å². The minimum atomic E-state index is 0.715. The smallest absolute Gasteiger partial charge is 0.0466 e. The van der Waals surface area contributed by atoms with Crippen LogP contribution in [0, 0.1) is 11.8 Å². The second-order valence-electron chi connectivity index (χ2n) is 6.65. The Morgan fingerprint density at radius 2 is 1.09 bits per heavy atom. The average molecular weight is 310 g/mol. The van der Waals surface area contributed by atoms with Gasteiger partial charge in [0.25, 0.3) is 0 Å². The molecule has 2 atom stereocenters. The van der Waals surface area contributed by atoms with E-state index in [4.69, 9.17) is 4.74 Å². The summed E-state index contributed by atoms with van der Waals surface area (Å²) >= 11 is 0. The van der Waals surface area contributed by atoms with Gasteiger partial charge in [0, 0.05) is 13.2 Å². The molecule has 0 amide bonds. The van der Waals surface area contributed by atoms with Crippen LogP contribution in [-0.4, -0.2) is 13.2 Å². The van der Waals surface area contributed by atoms with Crippen molar-refractivity contribution < 1.29 is 4.74 Å². The quantitative estimate of drug-likeness (QED) is 0.704. The monoisotopic (exact) mass is 310 g/mol. The molecule has 1 aliphatic heterocycles. The van der Waals surface area contributed by atoms with E-state index in [9.17, 15) is 0 Å². The minimum Gasteiger partial charge on any atom is -0.381 e. The van der Waals surface area contributed by atoms with Crippen molar-refractivity contribution in [2.75, 3.05) is 13.2 Å². The van der Waals surface area contributed by atoms with Crippen molar-refractivity contribution in [1.82, 2.24) is 0 Å². The largest absolute Gasteiger partial charge is 0.381 e. The molecule has 124 valence electrons. The van der Waals surface area contributed by atoms with E-state index in [0.29, 0.717) is 11.8 Å². The van der Waals surface area contributed by atoms with Gasteiger partial charge >= 0.3 is 0 Å². The molecule has 2 unspecified atom stereocenters. The predicted molar refractivity (Wildman–Crippen MR) is 98.7 cm³/mol. The summed E-state index contributed by atoms with van der Waals surface area (Å²) in [6, 6.07) is 21.6. The lowest BCUT2D eigenvalue weighted by molar-refractivity contribution is 0.198. The SMILES string of the molecule is C1CCOC1.CC(Cc1ccccc1)C(C)Cc1ccccc1. The summed E-state index contributed by atoms with van der Waals surface area (Å²) in [5.41, 5.74) is 2.90. The number of rotatable bonds is 5. The highest BCUT2D eigenvalue weighted by Crippen LogP contribution is 2.21. The van der Waals surface area contributed by atoms with E-state index in [1.165, 1.54) is 36.8 Å². The fourth-order valence-electron chi connectivity index (χ4n) is 2.88. The predicted octanol–water partition coefficient (Wildman–Crippen LogP) is 5.54. The summed E-state index contributed by atoms with van der Waals surface area (Å²) in [6.07, 6.45) is 4.91. The van der Waals surface area contributed by atoms with E-state index in [1.54, 1.807) is 0 Å². The lowest BCUT2D eigenvalue weighted by atomic mass is 9.85. The molecule has 2 aromatic carbocycles. The molecule has 1 nitrogen and oxygen atoms in total. The van der Waals surface area contributed by atoms with Crippen LogP contribution in [-0.2, 0) is 17.6 Å². The summed E-state index contributed by atoms with van der Waals surface area (Å²) in [5.74, 6) is 1.43. The topological polar surface area (TPSA) is 9.23 Å². The van der Waals surface area contributed by atoms with Crippen LogP contribution in [0.5, 0.6) is 0 Å². The Balaban J connectivity index is 0.000000326. The summed E-state index contributed by atoms with van der Waals surface area (Å²) in [4.78, 5) is 0.